The van der Waals surface area contributed by atoms with E-state index < -0.39 is 29.3 Å². The van der Waals surface area contributed by atoms with Crippen LogP contribution in [0.2, 0.25) is 0 Å². The zero-order valence-corrected chi connectivity index (χ0v) is 13.5. The van der Waals surface area contributed by atoms with Crippen molar-refractivity contribution in [3.8, 4) is 37.1 Å². The zero-order valence-electron chi connectivity index (χ0n) is 13.5. The molecule has 0 saturated heterocycles. The topological polar surface area (TPSA) is 130 Å². The van der Waals surface area contributed by atoms with E-state index in [2.05, 4.69) is 20.9 Å². The SMILES string of the molecule is C#CNC(=O)CCC(C)(C#N)N=NC(C)CC(C#N)C(=O)NC#C. The Morgan fingerprint density at radius 1 is 1.25 bits per heavy atom. The number of amides is 2. The third-order valence-corrected chi connectivity index (χ3v) is 3.01. The molecule has 8 nitrogen and oxygen atoms in total. The van der Waals surface area contributed by atoms with Crippen molar-refractivity contribution < 1.29 is 9.59 Å². The van der Waals surface area contributed by atoms with Crippen molar-refractivity contribution >= 4 is 11.8 Å². The Morgan fingerprint density at radius 3 is 2.38 bits per heavy atom. The second-order valence-electron chi connectivity index (χ2n) is 5.19. The first-order valence-corrected chi connectivity index (χ1v) is 7.04. The highest BCUT2D eigenvalue weighted by Gasteiger charge is 2.25. The minimum absolute atomic E-state index is 0.0209. The van der Waals surface area contributed by atoms with Crippen molar-refractivity contribution in [3.05, 3.63) is 0 Å². The van der Waals surface area contributed by atoms with Crippen molar-refractivity contribution in [2.45, 2.75) is 44.7 Å². The maximum absolute atomic E-state index is 11.5. The lowest BCUT2D eigenvalue weighted by Gasteiger charge is -2.16. The maximum Gasteiger partial charge on any atom is 0.248 e. The Bertz CT molecular complexity index is 658. The van der Waals surface area contributed by atoms with Crippen LogP contribution in [0.5, 0.6) is 0 Å². The first kappa shape index (κ1) is 20.6. The van der Waals surface area contributed by atoms with Crippen molar-refractivity contribution in [3.63, 3.8) is 0 Å². The molecule has 0 rings (SSSR count). The molecule has 2 amide bonds. The lowest BCUT2D eigenvalue weighted by molar-refractivity contribution is -0.122. The van der Waals surface area contributed by atoms with Gasteiger partial charge in [0.05, 0.1) is 18.2 Å². The molecule has 124 valence electrons. The number of hydrogen-bond acceptors (Lipinski definition) is 6. The van der Waals surface area contributed by atoms with Crippen LogP contribution < -0.4 is 10.6 Å². The predicted octanol–water partition coefficient (Wildman–Crippen LogP) is 0.833. The molecule has 24 heavy (non-hydrogen) atoms. The normalized spacial score (nSPS) is 14.8. The second-order valence-corrected chi connectivity index (χ2v) is 5.19. The van der Waals surface area contributed by atoms with Crippen LogP contribution in [-0.2, 0) is 9.59 Å². The first-order chi connectivity index (χ1) is 11.3. The van der Waals surface area contributed by atoms with E-state index in [0.717, 1.165) is 0 Å². The van der Waals surface area contributed by atoms with Gasteiger partial charge in [0, 0.05) is 18.5 Å². The number of azo groups is 1. The van der Waals surface area contributed by atoms with Gasteiger partial charge < -0.3 is 0 Å². The molecule has 0 aliphatic rings. The zero-order chi connectivity index (χ0) is 18.6. The summed E-state index contributed by atoms with van der Waals surface area (Å²) in [5.41, 5.74) is -1.20. The fourth-order valence-corrected chi connectivity index (χ4v) is 1.62. The number of nitriles is 2. The van der Waals surface area contributed by atoms with Gasteiger partial charge in [0.1, 0.15) is 5.92 Å². The molecular formula is C16H18N6O2. The number of terminal acetylenes is 2. The Labute approximate surface area is 141 Å². The van der Waals surface area contributed by atoms with E-state index in [1.165, 1.54) is 6.92 Å². The molecule has 0 aromatic rings. The largest absolute Gasteiger partial charge is 0.285 e. The molecular weight excluding hydrogens is 308 g/mol. The van der Waals surface area contributed by atoms with Crippen LogP contribution in [-0.4, -0.2) is 23.4 Å². The Hall–Kier alpha value is -3.36. The average Bonchev–Trinajstić information content (AvgIpc) is 2.56. The van der Waals surface area contributed by atoms with Gasteiger partial charge in [0.15, 0.2) is 5.54 Å². The van der Waals surface area contributed by atoms with Gasteiger partial charge in [0.25, 0.3) is 0 Å². The highest BCUT2D eigenvalue weighted by molar-refractivity contribution is 5.82. The van der Waals surface area contributed by atoms with E-state index in [9.17, 15) is 14.9 Å². The van der Waals surface area contributed by atoms with Crippen LogP contribution in [0.15, 0.2) is 10.2 Å². The lowest BCUT2D eigenvalue weighted by Crippen LogP contribution is -2.28. The Balaban J connectivity index is 4.77. The van der Waals surface area contributed by atoms with Gasteiger partial charge in [-0.25, -0.2) is 0 Å². The predicted molar refractivity (Wildman–Crippen MR) is 85.2 cm³/mol. The highest BCUT2D eigenvalue weighted by Crippen LogP contribution is 2.19. The molecule has 3 atom stereocenters. The fraction of sp³-hybridized carbons (Fsp3) is 0.500. The number of nitrogens with one attached hydrogen (secondary N) is 2. The lowest BCUT2D eigenvalue weighted by atomic mass is 9.98. The van der Waals surface area contributed by atoms with Gasteiger partial charge in [0.2, 0.25) is 11.8 Å². The van der Waals surface area contributed by atoms with Crippen LogP contribution in [0.3, 0.4) is 0 Å². The summed E-state index contributed by atoms with van der Waals surface area (Å²) in [6.07, 6.45) is 10.2. The van der Waals surface area contributed by atoms with E-state index in [4.69, 9.17) is 18.1 Å². The second kappa shape index (κ2) is 10.4. The summed E-state index contributed by atoms with van der Waals surface area (Å²) in [6.45, 7) is 3.18. The van der Waals surface area contributed by atoms with Crippen LogP contribution in [0.1, 0.15) is 33.1 Å². The molecule has 0 radical (unpaired) electrons. The molecule has 0 aromatic heterocycles. The Kier molecular flexibility index (Phi) is 8.93. The van der Waals surface area contributed by atoms with Gasteiger partial charge in [-0.3, -0.25) is 20.2 Å². The number of nitrogens with zero attached hydrogens (tertiary/aromatic N) is 4. The molecule has 2 N–H and O–H groups in total. The number of rotatable bonds is 8. The maximum atomic E-state index is 11.5. The van der Waals surface area contributed by atoms with Crippen molar-refractivity contribution in [1.29, 1.82) is 10.5 Å². The minimum atomic E-state index is -1.20. The molecule has 0 aromatic carbocycles. The van der Waals surface area contributed by atoms with Crippen LogP contribution >= 0.6 is 0 Å². The van der Waals surface area contributed by atoms with Gasteiger partial charge in [-0.15, -0.1) is 0 Å². The molecule has 0 spiro atoms. The number of carbonyl (C=O) groups excluding carboxylic acids is 2. The van der Waals surface area contributed by atoms with E-state index in [-0.39, 0.29) is 19.3 Å². The summed E-state index contributed by atoms with van der Waals surface area (Å²) in [4.78, 5) is 22.9. The summed E-state index contributed by atoms with van der Waals surface area (Å²) in [5.74, 6) is -1.95. The van der Waals surface area contributed by atoms with Crippen molar-refractivity contribution in [2.75, 3.05) is 0 Å². The highest BCUT2D eigenvalue weighted by atomic mass is 16.2. The molecule has 0 aliphatic carbocycles. The van der Waals surface area contributed by atoms with Crippen LogP contribution in [0.25, 0.3) is 0 Å². The monoisotopic (exact) mass is 326 g/mol. The van der Waals surface area contributed by atoms with Gasteiger partial charge in [-0.1, -0.05) is 12.8 Å². The van der Waals surface area contributed by atoms with E-state index >= 15 is 0 Å². The quantitative estimate of drug-likeness (QED) is 0.388. The molecule has 0 saturated carbocycles. The van der Waals surface area contributed by atoms with E-state index in [0.29, 0.717) is 0 Å². The van der Waals surface area contributed by atoms with Crippen molar-refractivity contribution in [1.82, 2.24) is 10.6 Å². The molecule has 0 bridgehead atoms. The molecule has 3 unspecified atom stereocenters. The third-order valence-electron chi connectivity index (χ3n) is 3.01. The summed E-state index contributed by atoms with van der Waals surface area (Å²) < 4.78 is 0. The van der Waals surface area contributed by atoms with E-state index in [1.54, 1.807) is 6.92 Å². The summed E-state index contributed by atoms with van der Waals surface area (Å²) in [7, 11) is 0. The number of hydrogen-bond donors (Lipinski definition) is 2. The summed E-state index contributed by atoms with van der Waals surface area (Å²) in [6, 6.07) is 7.30. The molecule has 0 aliphatic heterocycles. The third kappa shape index (κ3) is 7.59. The van der Waals surface area contributed by atoms with Crippen molar-refractivity contribution in [2.24, 2.45) is 16.1 Å². The van der Waals surface area contributed by atoms with E-state index in [1.807, 2.05) is 24.2 Å². The van der Waals surface area contributed by atoms with Gasteiger partial charge in [-0.2, -0.15) is 20.8 Å². The minimum Gasteiger partial charge on any atom is -0.285 e. The number of carbonyl (C=O) groups is 2. The molecule has 8 heteroatoms. The summed E-state index contributed by atoms with van der Waals surface area (Å²) in [5, 5.41) is 30.4. The van der Waals surface area contributed by atoms with Crippen LogP contribution in [0, 0.1) is 53.5 Å². The summed E-state index contributed by atoms with van der Waals surface area (Å²) >= 11 is 0. The molecule has 0 heterocycles. The Morgan fingerprint density at radius 2 is 1.88 bits per heavy atom. The molecule has 0 fully saturated rings. The van der Waals surface area contributed by atoms with Crippen LogP contribution in [0.4, 0.5) is 0 Å². The standard InChI is InChI=1S/C16H18N6O2/c1-5-19-14(23)7-8-16(4,11-18)22-21-12(3)9-13(10-17)15(24)20-6-2/h1-2,12-13H,7-9H2,3-4H3,(H,19,23)(H,20,24). The average molecular weight is 326 g/mol. The smallest absolute Gasteiger partial charge is 0.248 e. The van der Waals surface area contributed by atoms with Gasteiger partial charge >= 0.3 is 0 Å². The first-order valence-electron chi connectivity index (χ1n) is 7.04. The van der Waals surface area contributed by atoms with Gasteiger partial charge in [-0.05, 0) is 26.7 Å². The fourth-order valence-electron chi connectivity index (χ4n) is 1.62.